The van der Waals surface area contributed by atoms with Crippen molar-refractivity contribution in [1.29, 1.82) is 0 Å². The molecule has 128 valence electrons. The van der Waals surface area contributed by atoms with E-state index in [1.807, 2.05) is 32.0 Å². The monoisotopic (exact) mass is 337 g/mol. The zero-order valence-electron chi connectivity index (χ0n) is 14.3. The largest absolute Gasteiger partial charge is 0.339 e. The minimum Gasteiger partial charge on any atom is -0.339 e. The Morgan fingerprint density at radius 3 is 2.65 bits per heavy atom. The molecule has 2 rings (SSSR count). The molecule has 0 fully saturated rings. The fourth-order valence-corrected chi connectivity index (χ4v) is 4.62. The topological polar surface area (TPSA) is 54.5 Å². The molecule has 1 aliphatic carbocycles. The smallest absolute Gasteiger partial charge is 0.230 e. The van der Waals surface area contributed by atoms with Crippen LogP contribution in [0, 0.1) is 0 Å². The maximum atomic E-state index is 13.0. The second-order valence-electron chi connectivity index (χ2n) is 6.32. The standard InChI is InChI=1S/C18H27NO3S/c1-4-19(14(3)13-23(21,22)5-2)18(20)17-12-8-10-15-9-6-7-11-16(15)17/h6-7,9,11,14,17H,4-5,8,10,12-13H2,1-3H3/t14-,17-/m1/s1. The van der Waals surface area contributed by atoms with Gasteiger partial charge in [0.15, 0.2) is 9.84 Å². The predicted octanol–water partition coefficient (Wildman–Crippen LogP) is 2.78. The van der Waals surface area contributed by atoms with Crippen molar-refractivity contribution in [2.75, 3.05) is 18.1 Å². The number of hydrogen-bond donors (Lipinski definition) is 0. The van der Waals surface area contributed by atoms with Gasteiger partial charge in [0.05, 0.1) is 11.7 Å². The van der Waals surface area contributed by atoms with Crippen molar-refractivity contribution in [3.8, 4) is 0 Å². The van der Waals surface area contributed by atoms with Crippen molar-refractivity contribution >= 4 is 15.7 Å². The molecule has 0 saturated heterocycles. The van der Waals surface area contributed by atoms with Crippen molar-refractivity contribution < 1.29 is 13.2 Å². The maximum Gasteiger partial charge on any atom is 0.230 e. The molecule has 0 aromatic heterocycles. The summed E-state index contributed by atoms with van der Waals surface area (Å²) in [7, 11) is -3.09. The molecule has 0 unspecified atom stereocenters. The minimum absolute atomic E-state index is 0.0391. The first-order chi connectivity index (χ1) is 10.9. The lowest BCUT2D eigenvalue weighted by Crippen LogP contribution is -2.45. The Labute approximate surface area is 139 Å². The number of amides is 1. The van der Waals surface area contributed by atoms with Crippen LogP contribution in [0.5, 0.6) is 0 Å². The van der Waals surface area contributed by atoms with Crippen LogP contribution in [-0.4, -0.2) is 43.3 Å². The van der Waals surface area contributed by atoms with Crippen LogP contribution >= 0.6 is 0 Å². The molecule has 0 saturated carbocycles. The molecule has 1 aliphatic rings. The Bertz CT molecular complexity index is 654. The summed E-state index contributed by atoms with van der Waals surface area (Å²) in [6, 6.07) is 7.84. The summed E-state index contributed by atoms with van der Waals surface area (Å²) in [6.07, 6.45) is 2.87. The third-order valence-corrected chi connectivity index (χ3v) is 6.63. The predicted molar refractivity (Wildman–Crippen MR) is 93.3 cm³/mol. The number of likely N-dealkylation sites (N-methyl/N-ethyl adjacent to an activating group) is 1. The number of aryl methyl sites for hydroxylation is 1. The molecule has 0 heterocycles. The lowest BCUT2D eigenvalue weighted by atomic mass is 9.82. The van der Waals surface area contributed by atoms with E-state index in [9.17, 15) is 13.2 Å². The summed E-state index contributed by atoms with van der Waals surface area (Å²) in [6.45, 7) is 5.94. The molecular formula is C18H27NO3S. The molecule has 1 amide bonds. The van der Waals surface area contributed by atoms with Gasteiger partial charge in [0.1, 0.15) is 0 Å². The van der Waals surface area contributed by atoms with E-state index in [0.29, 0.717) is 6.54 Å². The molecule has 4 nitrogen and oxygen atoms in total. The fraction of sp³-hybridized carbons (Fsp3) is 0.611. The summed E-state index contributed by atoms with van der Waals surface area (Å²) in [5, 5.41) is 0. The van der Waals surface area contributed by atoms with Crippen LogP contribution in [-0.2, 0) is 21.1 Å². The molecule has 0 bridgehead atoms. The molecule has 0 radical (unpaired) electrons. The van der Waals surface area contributed by atoms with Gasteiger partial charge in [-0.3, -0.25) is 4.79 Å². The van der Waals surface area contributed by atoms with Crippen LogP contribution in [0.2, 0.25) is 0 Å². The second-order valence-corrected chi connectivity index (χ2v) is 8.71. The van der Waals surface area contributed by atoms with Crippen molar-refractivity contribution in [1.82, 2.24) is 4.90 Å². The summed E-state index contributed by atoms with van der Waals surface area (Å²) < 4.78 is 23.8. The maximum absolute atomic E-state index is 13.0. The zero-order valence-corrected chi connectivity index (χ0v) is 15.1. The quantitative estimate of drug-likeness (QED) is 0.802. The van der Waals surface area contributed by atoms with E-state index in [2.05, 4.69) is 6.07 Å². The average Bonchev–Trinajstić information content (AvgIpc) is 2.54. The number of hydrogen-bond acceptors (Lipinski definition) is 3. The Kier molecular flexibility index (Phi) is 5.84. The lowest BCUT2D eigenvalue weighted by Gasteiger charge is -2.34. The lowest BCUT2D eigenvalue weighted by molar-refractivity contribution is -0.134. The van der Waals surface area contributed by atoms with Crippen LogP contribution in [0.4, 0.5) is 0 Å². The van der Waals surface area contributed by atoms with Crippen molar-refractivity contribution in [3.05, 3.63) is 35.4 Å². The van der Waals surface area contributed by atoms with Crippen LogP contribution in [0.25, 0.3) is 0 Å². The van der Waals surface area contributed by atoms with Gasteiger partial charge in [-0.1, -0.05) is 31.2 Å². The number of carbonyl (C=O) groups is 1. The fourth-order valence-electron chi connectivity index (χ4n) is 3.47. The third kappa shape index (κ3) is 4.14. The minimum atomic E-state index is -3.09. The van der Waals surface area contributed by atoms with Crippen molar-refractivity contribution in [3.63, 3.8) is 0 Å². The van der Waals surface area contributed by atoms with Gasteiger partial charge in [0.2, 0.25) is 5.91 Å². The van der Waals surface area contributed by atoms with Crippen LogP contribution in [0.1, 0.15) is 50.7 Å². The van der Waals surface area contributed by atoms with Gasteiger partial charge in [0, 0.05) is 18.3 Å². The van der Waals surface area contributed by atoms with Crippen LogP contribution < -0.4 is 0 Å². The van der Waals surface area contributed by atoms with Gasteiger partial charge in [-0.15, -0.1) is 0 Å². The summed E-state index contributed by atoms with van der Waals surface area (Å²) in [4.78, 5) is 14.8. The molecule has 1 aromatic rings. The van der Waals surface area contributed by atoms with E-state index in [0.717, 1.165) is 24.8 Å². The molecule has 5 heteroatoms. The number of benzene rings is 1. The second kappa shape index (κ2) is 7.47. The Hall–Kier alpha value is -1.36. The highest BCUT2D eigenvalue weighted by Gasteiger charge is 2.32. The summed E-state index contributed by atoms with van der Waals surface area (Å²) >= 11 is 0. The Morgan fingerprint density at radius 1 is 1.30 bits per heavy atom. The van der Waals surface area contributed by atoms with E-state index in [-0.39, 0.29) is 29.4 Å². The van der Waals surface area contributed by atoms with E-state index in [4.69, 9.17) is 0 Å². The van der Waals surface area contributed by atoms with Crippen LogP contribution in [0.3, 0.4) is 0 Å². The number of rotatable bonds is 6. The highest BCUT2D eigenvalue weighted by atomic mass is 32.2. The van der Waals surface area contributed by atoms with Gasteiger partial charge in [-0.25, -0.2) is 8.42 Å². The molecule has 0 aliphatic heterocycles. The summed E-state index contributed by atoms with van der Waals surface area (Å²) in [5.41, 5.74) is 2.37. The normalized spacial score (nSPS) is 19.0. The molecular weight excluding hydrogens is 310 g/mol. The average molecular weight is 337 g/mol. The highest BCUT2D eigenvalue weighted by molar-refractivity contribution is 7.91. The molecule has 0 N–H and O–H groups in total. The number of carbonyl (C=O) groups excluding carboxylic acids is 1. The van der Waals surface area contributed by atoms with Gasteiger partial charge in [0.25, 0.3) is 0 Å². The molecule has 0 spiro atoms. The van der Waals surface area contributed by atoms with Gasteiger partial charge >= 0.3 is 0 Å². The van der Waals surface area contributed by atoms with E-state index >= 15 is 0 Å². The summed E-state index contributed by atoms with van der Waals surface area (Å²) in [5.74, 6) is 0.0948. The van der Waals surface area contributed by atoms with Gasteiger partial charge in [-0.2, -0.15) is 0 Å². The first kappa shape index (κ1) is 18.0. The highest BCUT2D eigenvalue weighted by Crippen LogP contribution is 2.33. The molecule has 23 heavy (non-hydrogen) atoms. The van der Waals surface area contributed by atoms with Crippen molar-refractivity contribution in [2.45, 2.75) is 52.0 Å². The first-order valence-corrected chi connectivity index (χ1v) is 10.3. The zero-order chi connectivity index (χ0) is 17.0. The number of sulfone groups is 1. The van der Waals surface area contributed by atoms with E-state index in [1.54, 1.807) is 11.8 Å². The van der Waals surface area contributed by atoms with Crippen LogP contribution in [0.15, 0.2) is 24.3 Å². The van der Waals surface area contributed by atoms with Gasteiger partial charge < -0.3 is 4.90 Å². The molecule has 2 atom stereocenters. The van der Waals surface area contributed by atoms with Crippen molar-refractivity contribution in [2.24, 2.45) is 0 Å². The Balaban J connectivity index is 2.21. The number of nitrogens with zero attached hydrogens (tertiary/aromatic N) is 1. The Morgan fingerprint density at radius 2 is 2.00 bits per heavy atom. The van der Waals surface area contributed by atoms with E-state index < -0.39 is 9.84 Å². The molecule has 1 aromatic carbocycles. The number of fused-ring (bicyclic) bond motifs is 1. The van der Waals surface area contributed by atoms with Gasteiger partial charge in [-0.05, 0) is 44.2 Å². The third-order valence-electron chi connectivity index (χ3n) is 4.76. The first-order valence-electron chi connectivity index (χ1n) is 8.48. The SMILES string of the molecule is CCN(C(=O)[C@@H]1CCCc2ccccc21)[C@H](C)CS(=O)(=O)CC. The van der Waals surface area contributed by atoms with E-state index in [1.165, 1.54) is 5.56 Å².